The number of likely N-dealkylation sites (N-methyl/N-ethyl adjacent to an activating group) is 1. The Kier molecular flexibility index (Phi) is 6.07. The van der Waals surface area contributed by atoms with Crippen molar-refractivity contribution in [3.8, 4) is 5.75 Å². The van der Waals surface area contributed by atoms with Gasteiger partial charge in [0.2, 0.25) is 0 Å². The molecule has 1 aliphatic heterocycles. The van der Waals surface area contributed by atoms with Gasteiger partial charge in [-0.1, -0.05) is 43.3 Å². The van der Waals surface area contributed by atoms with Crippen LogP contribution in [0.4, 0.5) is 5.69 Å². The summed E-state index contributed by atoms with van der Waals surface area (Å²) in [7, 11) is -0.876. The highest BCUT2D eigenvalue weighted by atomic mass is 32.2. The van der Waals surface area contributed by atoms with Crippen molar-refractivity contribution in [2.45, 2.75) is 25.5 Å². The zero-order valence-electron chi connectivity index (χ0n) is 16.2. The van der Waals surface area contributed by atoms with Gasteiger partial charge >= 0.3 is 0 Å². The number of nitrogens with zero attached hydrogens (tertiary/aromatic N) is 1. The average molecular weight is 389 g/mol. The standard InChI is InChI=1S/C21H28N2O3S/c1-16(15-27(3,24)25)18-10-8-17(9-11-18)12-22-13-19-14-23(2)20-6-4-5-7-21(20)26-19/h4-11,16,19,22H,12-15H2,1-3H3/t16-,19?/m0/s1. The summed E-state index contributed by atoms with van der Waals surface area (Å²) in [5.74, 6) is 1.12. The lowest BCUT2D eigenvalue weighted by molar-refractivity contribution is 0.192. The lowest BCUT2D eigenvalue weighted by Gasteiger charge is -2.33. The van der Waals surface area contributed by atoms with Crippen LogP contribution in [0, 0.1) is 0 Å². The van der Waals surface area contributed by atoms with Crippen LogP contribution in [0.2, 0.25) is 0 Å². The second kappa shape index (κ2) is 8.31. The monoisotopic (exact) mass is 388 g/mol. The minimum Gasteiger partial charge on any atom is -0.485 e. The van der Waals surface area contributed by atoms with E-state index >= 15 is 0 Å². The highest BCUT2D eigenvalue weighted by Gasteiger charge is 2.22. The number of para-hydroxylation sites is 2. The predicted molar refractivity (Wildman–Crippen MR) is 110 cm³/mol. The highest BCUT2D eigenvalue weighted by molar-refractivity contribution is 7.90. The number of nitrogens with one attached hydrogen (secondary N) is 1. The number of hydrogen-bond donors (Lipinski definition) is 1. The van der Waals surface area contributed by atoms with Crippen LogP contribution in [-0.2, 0) is 16.4 Å². The minimum atomic E-state index is -2.96. The molecule has 2 aromatic rings. The second-order valence-corrected chi connectivity index (χ2v) is 9.64. The Balaban J connectivity index is 1.50. The van der Waals surface area contributed by atoms with Gasteiger partial charge in [0, 0.05) is 26.4 Å². The van der Waals surface area contributed by atoms with Crippen molar-refractivity contribution in [3.63, 3.8) is 0 Å². The molecule has 1 heterocycles. The number of rotatable bonds is 7. The van der Waals surface area contributed by atoms with Crippen LogP contribution in [0.1, 0.15) is 24.0 Å². The molecule has 5 nitrogen and oxygen atoms in total. The number of fused-ring (bicyclic) bond motifs is 1. The first-order valence-electron chi connectivity index (χ1n) is 9.26. The molecule has 0 aliphatic carbocycles. The van der Waals surface area contributed by atoms with E-state index < -0.39 is 9.84 Å². The third-order valence-electron chi connectivity index (χ3n) is 4.85. The Morgan fingerprint density at radius 2 is 1.89 bits per heavy atom. The van der Waals surface area contributed by atoms with Crippen LogP contribution in [-0.4, -0.2) is 46.7 Å². The third kappa shape index (κ3) is 5.47. The number of hydrogen-bond acceptors (Lipinski definition) is 5. The molecule has 1 N–H and O–H groups in total. The third-order valence-corrected chi connectivity index (χ3v) is 5.96. The Morgan fingerprint density at radius 1 is 1.19 bits per heavy atom. The van der Waals surface area contributed by atoms with Gasteiger partial charge in [-0.3, -0.25) is 0 Å². The normalized spacial score (nSPS) is 17.9. The summed E-state index contributed by atoms with van der Waals surface area (Å²) >= 11 is 0. The molecule has 0 bridgehead atoms. The first kappa shape index (κ1) is 19.7. The average Bonchev–Trinajstić information content (AvgIpc) is 2.61. The predicted octanol–water partition coefficient (Wildman–Crippen LogP) is 2.82. The number of ether oxygens (including phenoxy) is 1. The van der Waals surface area contributed by atoms with E-state index in [2.05, 4.69) is 35.5 Å². The summed E-state index contributed by atoms with van der Waals surface area (Å²) in [5.41, 5.74) is 3.36. The molecule has 1 unspecified atom stereocenters. The molecule has 0 spiro atoms. The molecule has 146 valence electrons. The quantitative estimate of drug-likeness (QED) is 0.790. The maximum Gasteiger partial charge on any atom is 0.148 e. The van der Waals surface area contributed by atoms with Gasteiger partial charge in [-0.25, -0.2) is 8.42 Å². The van der Waals surface area contributed by atoms with Crippen LogP contribution in [0.5, 0.6) is 5.75 Å². The van der Waals surface area contributed by atoms with Gasteiger partial charge in [-0.05, 0) is 29.2 Å². The molecule has 0 amide bonds. The topological polar surface area (TPSA) is 58.6 Å². The van der Waals surface area contributed by atoms with E-state index in [4.69, 9.17) is 4.74 Å². The first-order valence-corrected chi connectivity index (χ1v) is 11.3. The van der Waals surface area contributed by atoms with Crippen LogP contribution >= 0.6 is 0 Å². The fourth-order valence-electron chi connectivity index (χ4n) is 3.49. The van der Waals surface area contributed by atoms with E-state index in [0.29, 0.717) is 0 Å². The SMILES string of the molecule is C[C@@H](CS(C)(=O)=O)c1ccc(CNCC2CN(C)c3ccccc3O2)cc1. The Bertz CT molecular complexity index is 865. The molecule has 0 saturated heterocycles. The molecular formula is C21H28N2O3S. The van der Waals surface area contributed by atoms with E-state index in [1.54, 1.807) is 0 Å². The summed E-state index contributed by atoms with van der Waals surface area (Å²) in [6, 6.07) is 16.3. The molecule has 1 aliphatic rings. The van der Waals surface area contributed by atoms with E-state index in [9.17, 15) is 8.42 Å². The largest absolute Gasteiger partial charge is 0.485 e. The van der Waals surface area contributed by atoms with Gasteiger partial charge in [0.15, 0.2) is 0 Å². The van der Waals surface area contributed by atoms with Crippen LogP contribution in [0.3, 0.4) is 0 Å². The molecule has 27 heavy (non-hydrogen) atoms. The van der Waals surface area contributed by atoms with Gasteiger partial charge in [0.05, 0.1) is 18.0 Å². The number of anilines is 1. The zero-order chi connectivity index (χ0) is 19.4. The summed E-state index contributed by atoms with van der Waals surface area (Å²) in [5, 5.41) is 3.46. The van der Waals surface area contributed by atoms with Crippen LogP contribution in [0.25, 0.3) is 0 Å². The fraction of sp³-hybridized carbons (Fsp3) is 0.429. The first-order chi connectivity index (χ1) is 12.8. The summed E-state index contributed by atoms with van der Waals surface area (Å²) < 4.78 is 29.0. The van der Waals surface area contributed by atoms with Gasteiger partial charge in [-0.2, -0.15) is 0 Å². The van der Waals surface area contributed by atoms with Gasteiger partial charge < -0.3 is 15.0 Å². The molecule has 6 heteroatoms. The van der Waals surface area contributed by atoms with Crippen molar-refractivity contribution >= 4 is 15.5 Å². The van der Waals surface area contributed by atoms with Crippen molar-refractivity contribution in [1.29, 1.82) is 0 Å². The van der Waals surface area contributed by atoms with E-state index in [1.807, 2.05) is 37.3 Å². The molecule has 2 atom stereocenters. The number of benzene rings is 2. The van der Waals surface area contributed by atoms with E-state index in [0.717, 1.165) is 36.6 Å². The molecular weight excluding hydrogens is 360 g/mol. The minimum absolute atomic E-state index is 0.00764. The molecule has 0 saturated carbocycles. The van der Waals surface area contributed by atoms with E-state index in [-0.39, 0.29) is 17.8 Å². The Labute approximate surface area is 162 Å². The van der Waals surface area contributed by atoms with Gasteiger partial charge in [-0.15, -0.1) is 0 Å². The molecule has 3 rings (SSSR count). The van der Waals surface area contributed by atoms with Crippen molar-refractivity contribution in [1.82, 2.24) is 5.32 Å². The number of sulfone groups is 1. The summed E-state index contributed by atoms with van der Waals surface area (Å²) in [4.78, 5) is 2.23. The molecule has 0 fully saturated rings. The molecule has 0 aromatic heterocycles. The second-order valence-electron chi connectivity index (χ2n) is 7.45. The highest BCUT2D eigenvalue weighted by Crippen LogP contribution is 2.31. The maximum absolute atomic E-state index is 11.4. The van der Waals surface area contributed by atoms with Crippen molar-refractivity contribution in [3.05, 3.63) is 59.7 Å². The molecule has 0 radical (unpaired) electrons. The Morgan fingerprint density at radius 3 is 2.59 bits per heavy atom. The lowest BCUT2D eigenvalue weighted by Crippen LogP contribution is -2.43. The van der Waals surface area contributed by atoms with Gasteiger partial charge in [0.1, 0.15) is 21.7 Å². The smallest absolute Gasteiger partial charge is 0.148 e. The Hall–Kier alpha value is -2.05. The van der Waals surface area contributed by atoms with Crippen LogP contribution in [0.15, 0.2) is 48.5 Å². The zero-order valence-corrected chi connectivity index (χ0v) is 17.0. The van der Waals surface area contributed by atoms with Crippen LogP contribution < -0.4 is 15.0 Å². The van der Waals surface area contributed by atoms with Gasteiger partial charge in [0.25, 0.3) is 0 Å². The van der Waals surface area contributed by atoms with Crippen molar-refractivity contribution < 1.29 is 13.2 Å². The molecule has 2 aromatic carbocycles. The van der Waals surface area contributed by atoms with E-state index in [1.165, 1.54) is 11.8 Å². The summed E-state index contributed by atoms with van der Waals surface area (Å²) in [6.45, 7) is 4.33. The van der Waals surface area contributed by atoms with Crippen molar-refractivity contribution in [2.24, 2.45) is 0 Å². The van der Waals surface area contributed by atoms with Crippen molar-refractivity contribution in [2.75, 3.05) is 37.0 Å². The summed E-state index contributed by atoms with van der Waals surface area (Å²) in [6.07, 6.45) is 1.39. The lowest BCUT2D eigenvalue weighted by atomic mass is 10.0. The maximum atomic E-state index is 11.4. The fourth-order valence-corrected chi connectivity index (χ4v) is 4.59.